The maximum Gasteiger partial charge on any atom is 0.254 e. The monoisotopic (exact) mass is 363 g/mol. The Hall–Kier alpha value is -3.15. The number of aromatic nitrogens is 1. The highest BCUT2D eigenvalue weighted by molar-refractivity contribution is 5.97. The molecule has 2 amide bonds. The summed E-state index contributed by atoms with van der Waals surface area (Å²) in [7, 11) is 0. The number of carbonyl (C=O) groups excluding carboxylic acids is 2. The Balaban J connectivity index is 1.47. The first-order valence-corrected chi connectivity index (χ1v) is 9.11. The zero-order chi connectivity index (χ0) is 18.8. The smallest absolute Gasteiger partial charge is 0.254 e. The second-order valence-electron chi connectivity index (χ2n) is 6.79. The number of rotatable bonds is 2. The number of amides is 2. The molecule has 1 fully saturated rings. The lowest BCUT2D eigenvalue weighted by Gasteiger charge is -2.23. The summed E-state index contributed by atoms with van der Waals surface area (Å²) in [5.41, 5.74) is 3.62. The van der Waals surface area contributed by atoms with Crippen LogP contribution in [0.2, 0.25) is 0 Å². The van der Waals surface area contributed by atoms with Crippen LogP contribution in [0, 0.1) is 6.92 Å². The molecule has 27 heavy (non-hydrogen) atoms. The summed E-state index contributed by atoms with van der Waals surface area (Å²) >= 11 is 0. The van der Waals surface area contributed by atoms with E-state index >= 15 is 0 Å². The standard InChI is InChI=1S/C21H21N3O3/c1-15-5-2-3-6-17(15)21(26)24-10-4-9-23(11-12-24)20(25)16-7-8-18-19(13-16)27-14-22-18/h2-3,5-8,13-14H,4,9-12H2,1H3. The molecule has 0 radical (unpaired) electrons. The van der Waals surface area contributed by atoms with Crippen molar-refractivity contribution in [2.24, 2.45) is 0 Å². The van der Waals surface area contributed by atoms with Gasteiger partial charge in [-0.2, -0.15) is 0 Å². The van der Waals surface area contributed by atoms with Crippen molar-refractivity contribution in [3.05, 3.63) is 65.5 Å². The maximum atomic E-state index is 12.9. The van der Waals surface area contributed by atoms with E-state index < -0.39 is 0 Å². The maximum absolute atomic E-state index is 12.9. The van der Waals surface area contributed by atoms with Crippen LogP contribution in [-0.2, 0) is 0 Å². The number of benzene rings is 2. The second-order valence-corrected chi connectivity index (χ2v) is 6.79. The highest BCUT2D eigenvalue weighted by Gasteiger charge is 2.24. The molecule has 3 aromatic rings. The number of nitrogens with zero attached hydrogens (tertiary/aromatic N) is 3. The minimum Gasteiger partial charge on any atom is -0.443 e. The molecule has 6 nitrogen and oxygen atoms in total. The molecular formula is C21H21N3O3. The van der Waals surface area contributed by atoms with Crippen molar-refractivity contribution in [2.45, 2.75) is 13.3 Å². The molecule has 1 saturated heterocycles. The van der Waals surface area contributed by atoms with E-state index in [2.05, 4.69) is 4.98 Å². The third-order valence-electron chi connectivity index (χ3n) is 5.02. The second kappa shape index (κ2) is 7.23. The number of hydrogen-bond donors (Lipinski definition) is 0. The lowest BCUT2D eigenvalue weighted by molar-refractivity contribution is 0.0718. The third-order valence-corrected chi connectivity index (χ3v) is 5.02. The van der Waals surface area contributed by atoms with Crippen molar-refractivity contribution < 1.29 is 14.0 Å². The number of hydrogen-bond acceptors (Lipinski definition) is 4. The summed E-state index contributed by atoms with van der Waals surface area (Å²) in [4.78, 5) is 33.4. The number of carbonyl (C=O) groups is 2. The fourth-order valence-electron chi connectivity index (χ4n) is 3.48. The van der Waals surface area contributed by atoms with Gasteiger partial charge in [-0.15, -0.1) is 0 Å². The molecule has 2 aromatic carbocycles. The molecule has 0 atom stereocenters. The summed E-state index contributed by atoms with van der Waals surface area (Å²) in [6.45, 7) is 4.28. The van der Waals surface area contributed by atoms with Gasteiger partial charge in [0.2, 0.25) is 0 Å². The van der Waals surface area contributed by atoms with E-state index in [-0.39, 0.29) is 11.8 Å². The predicted octanol–water partition coefficient (Wildman–Crippen LogP) is 3.12. The van der Waals surface area contributed by atoms with Gasteiger partial charge in [0.1, 0.15) is 5.52 Å². The predicted molar refractivity (Wildman–Crippen MR) is 102 cm³/mol. The summed E-state index contributed by atoms with van der Waals surface area (Å²) in [5, 5.41) is 0. The lowest BCUT2D eigenvalue weighted by Crippen LogP contribution is -2.37. The highest BCUT2D eigenvalue weighted by atomic mass is 16.3. The van der Waals surface area contributed by atoms with Crippen LogP contribution >= 0.6 is 0 Å². The average molecular weight is 363 g/mol. The Morgan fingerprint density at radius 3 is 2.48 bits per heavy atom. The number of fused-ring (bicyclic) bond motifs is 1. The largest absolute Gasteiger partial charge is 0.443 e. The molecule has 0 spiro atoms. The molecule has 2 heterocycles. The van der Waals surface area contributed by atoms with Crippen LogP contribution in [0.3, 0.4) is 0 Å². The molecular weight excluding hydrogens is 342 g/mol. The Morgan fingerprint density at radius 2 is 1.70 bits per heavy atom. The van der Waals surface area contributed by atoms with Gasteiger partial charge in [-0.1, -0.05) is 18.2 Å². The van der Waals surface area contributed by atoms with Gasteiger partial charge in [-0.05, 0) is 43.2 Å². The van der Waals surface area contributed by atoms with Crippen LogP contribution in [0.5, 0.6) is 0 Å². The number of oxazole rings is 1. The van der Waals surface area contributed by atoms with Gasteiger partial charge in [0.05, 0.1) is 0 Å². The highest BCUT2D eigenvalue weighted by Crippen LogP contribution is 2.18. The van der Waals surface area contributed by atoms with Crippen LogP contribution < -0.4 is 0 Å². The topological polar surface area (TPSA) is 66.7 Å². The van der Waals surface area contributed by atoms with Gasteiger partial charge >= 0.3 is 0 Å². The fourth-order valence-corrected chi connectivity index (χ4v) is 3.48. The van der Waals surface area contributed by atoms with Crippen molar-refractivity contribution >= 4 is 22.9 Å². The van der Waals surface area contributed by atoms with E-state index in [1.54, 1.807) is 18.2 Å². The molecule has 1 aromatic heterocycles. The third kappa shape index (κ3) is 3.43. The quantitative estimate of drug-likeness (QED) is 0.702. The van der Waals surface area contributed by atoms with Gasteiger partial charge in [-0.3, -0.25) is 9.59 Å². The van der Waals surface area contributed by atoms with Gasteiger partial charge in [0.25, 0.3) is 11.8 Å². The molecule has 0 unspecified atom stereocenters. The molecule has 1 aliphatic heterocycles. The Kier molecular flexibility index (Phi) is 4.62. The van der Waals surface area contributed by atoms with Gasteiger partial charge in [0, 0.05) is 37.3 Å². The molecule has 6 heteroatoms. The molecule has 4 rings (SSSR count). The van der Waals surface area contributed by atoms with Crippen molar-refractivity contribution in [1.29, 1.82) is 0 Å². The first-order chi connectivity index (χ1) is 13.1. The molecule has 138 valence electrons. The normalized spacial score (nSPS) is 15.0. The van der Waals surface area contributed by atoms with Gasteiger partial charge < -0.3 is 14.2 Å². The SMILES string of the molecule is Cc1ccccc1C(=O)N1CCCN(C(=O)c2ccc3ncoc3c2)CC1. The van der Waals surface area contributed by atoms with Crippen molar-refractivity contribution in [1.82, 2.24) is 14.8 Å². The molecule has 1 aliphatic rings. The first-order valence-electron chi connectivity index (χ1n) is 9.11. The lowest BCUT2D eigenvalue weighted by atomic mass is 10.1. The Labute approximate surface area is 157 Å². The summed E-state index contributed by atoms with van der Waals surface area (Å²) < 4.78 is 5.29. The zero-order valence-electron chi connectivity index (χ0n) is 15.2. The average Bonchev–Trinajstić information content (AvgIpc) is 3.02. The van der Waals surface area contributed by atoms with E-state index in [1.807, 2.05) is 41.0 Å². The molecule has 0 N–H and O–H groups in total. The van der Waals surface area contributed by atoms with E-state index in [4.69, 9.17) is 4.42 Å². The molecule has 0 saturated carbocycles. The minimum atomic E-state index is -0.0431. The van der Waals surface area contributed by atoms with Gasteiger partial charge in [0.15, 0.2) is 12.0 Å². The van der Waals surface area contributed by atoms with Crippen LogP contribution in [0.1, 0.15) is 32.7 Å². The van der Waals surface area contributed by atoms with Crippen molar-refractivity contribution in [3.63, 3.8) is 0 Å². The first kappa shape index (κ1) is 17.3. The zero-order valence-corrected chi connectivity index (χ0v) is 15.2. The summed E-state index contributed by atoms with van der Waals surface area (Å²) in [5.74, 6) is -0.0102. The Bertz CT molecular complexity index is 995. The summed E-state index contributed by atoms with van der Waals surface area (Å²) in [6, 6.07) is 12.9. The van der Waals surface area contributed by atoms with Crippen molar-refractivity contribution in [2.75, 3.05) is 26.2 Å². The molecule has 0 bridgehead atoms. The van der Waals surface area contributed by atoms with Crippen LogP contribution in [0.4, 0.5) is 0 Å². The van der Waals surface area contributed by atoms with E-state index in [1.165, 1.54) is 6.39 Å². The van der Waals surface area contributed by atoms with Crippen LogP contribution in [0.15, 0.2) is 53.3 Å². The van der Waals surface area contributed by atoms with E-state index in [0.29, 0.717) is 37.3 Å². The Morgan fingerprint density at radius 1 is 0.963 bits per heavy atom. The fraction of sp³-hybridized carbons (Fsp3) is 0.286. The van der Waals surface area contributed by atoms with Crippen LogP contribution in [-0.4, -0.2) is 52.8 Å². The van der Waals surface area contributed by atoms with Gasteiger partial charge in [-0.25, -0.2) is 4.98 Å². The summed E-state index contributed by atoms with van der Waals surface area (Å²) in [6.07, 6.45) is 2.13. The minimum absolute atomic E-state index is 0.0329. The molecule has 0 aliphatic carbocycles. The van der Waals surface area contributed by atoms with Crippen LogP contribution in [0.25, 0.3) is 11.1 Å². The van der Waals surface area contributed by atoms with E-state index in [0.717, 1.165) is 23.1 Å². The van der Waals surface area contributed by atoms with Crippen molar-refractivity contribution in [3.8, 4) is 0 Å². The van der Waals surface area contributed by atoms with E-state index in [9.17, 15) is 9.59 Å². The number of aryl methyl sites for hydroxylation is 1.